The van der Waals surface area contributed by atoms with E-state index >= 15 is 0 Å². The topological polar surface area (TPSA) is 46.2 Å². The quantitative estimate of drug-likeness (QED) is 0.674. The maximum Gasteiger partial charge on any atom is 0.226 e. The van der Waals surface area contributed by atoms with Crippen molar-refractivity contribution in [3.8, 4) is 0 Å². The minimum absolute atomic E-state index is 0.0147. The minimum atomic E-state index is -0.0147. The van der Waals surface area contributed by atoms with Crippen molar-refractivity contribution in [1.29, 1.82) is 0 Å². The molecule has 0 fully saturated rings. The average Bonchev–Trinajstić information content (AvgIpc) is 2.49. The highest BCUT2D eigenvalue weighted by Crippen LogP contribution is 2.21. The van der Waals surface area contributed by atoms with Crippen LogP contribution >= 0.6 is 0 Å². The average molecular weight is 303 g/mol. The van der Waals surface area contributed by atoms with Crippen LogP contribution in [0.2, 0.25) is 0 Å². The number of unbranched alkanes of at least 4 members (excludes halogenated alkanes) is 2. The Balaban J connectivity index is 2.51. The Kier molecular flexibility index (Phi) is 7.86. The second kappa shape index (κ2) is 9.39. The minimum Gasteiger partial charge on any atom is -0.326 e. The van der Waals surface area contributed by atoms with Gasteiger partial charge in [-0.15, -0.1) is 0 Å². The first-order valence-electron chi connectivity index (χ1n) is 8.36. The molecule has 1 amide bonds. The summed E-state index contributed by atoms with van der Waals surface area (Å²) in [6, 6.07) is 6.08. The number of rotatable bonds is 9. The van der Waals surface area contributed by atoms with Crippen LogP contribution in [0.25, 0.3) is 0 Å². The Morgan fingerprint density at radius 2 is 1.86 bits per heavy atom. The second-order valence-electron chi connectivity index (χ2n) is 6.19. The van der Waals surface area contributed by atoms with E-state index in [1.165, 1.54) is 5.56 Å². The molecule has 3 nitrogen and oxygen atoms in total. The molecule has 1 N–H and O–H groups in total. The van der Waals surface area contributed by atoms with Gasteiger partial charge >= 0.3 is 0 Å². The zero-order valence-corrected chi connectivity index (χ0v) is 14.4. The van der Waals surface area contributed by atoms with Crippen molar-refractivity contribution >= 4 is 17.4 Å². The lowest BCUT2D eigenvalue weighted by molar-refractivity contribution is -0.119. The first kappa shape index (κ1) is 18.4. The summed E-state index contributed by atoms with van der Waals surface area (Å²) in [4.78, 5) is 23.1. The van der Waals surface area contributed by atoms with Crippen molar-refractivity contribution < 1.29 is 9.59 Å². The van der Waals surface area contributed by atoms with Crippen LogP contribution in [-0.4, -0.2) is 11.7 Å². The van der Waals surface area contributed by atoms with Gasteiger partial charge in [-0.3, -0.25) is 9.59 Å². The maximum absolute atomic E-state index is 11.8. The molecule has 1 rings (SSSR count). The Bertz CT molecular complexity index is 506. The molecule has 0 saturated heterocycles. The predicted molar refractivity (Wildman–Crippen MR) is 92.1 cm³/mol. The summed E-state index contributed by atoms with van der Waals surface area (Å²) >= 11 is 0. The van der Waals surface area contributed by atoms with Gasteiger partial charge < -0.3 is 5.32 Å². The van der Waals surface area contributed by atoms with Gasteiger partial charge in [-0.05, 0) is 43.4 Å². The van der Waals surface area contributed by atoms with E-state index in [1.54, 1.807) is 0 Å². The summed E-state index contributed by atoms with van der Waals surface area (Å²) in [7, 11) is 0. The highest BCUT2D eigenvalue weighted by Gasteiger charge is 2.10. The van der Waals surface area contributed by atoms with Crippen LogP contribution in [0, 0.1) is 12.8 Å². The number of hydrogen-bond donors (Lipinski definition) is 1. The van der Waals surface area contributed by atoms with Crippen LogP contribution in [0.15, 0.2) is 18.2 Å². The number of anilines is 1. The van der Waals surface area contributed by atoms with Crippen LogP contribution < -0.4 is 5.32 Å². The van der Waals surface area contributed by atoms with Crippen molar-refractivity contribution in [3.63, 3.8) is 0 Å². The van der Waals surface area contributed by atoms with Gasteiger partial charge in [0.05, 0.1) is 0 Å². The molecular weight excluding hydrogens is 274 g/mol. The van der Waals surface area contributed by atoms with E-state index in [0.717, 1.165) is 36.9 Å². The molecule has 3 heteroatoms. The predicted octanol–water partition coefficient (Wildman–Crippen LogP) is 4.67. The molecule has 0 heterocycles. The second-order valence-corrected chi connectivity index (χ2v) is 6.19. The molecule has 0 spiro atoms. The molecule has 0 aliphatic carbocycles. The first-order chi connectivity index (χ1) is 10.5. The third kappa shape index (κ3) is 6.00. The lowest BCUT2D eigenvalue weighted by Crippen LogP contribution is -2.18. The SMILES string of the molecule is CCC(=O)CCCCCc1cccc(NC(=O)C(C)C)c1C. The van der Waals surface area contributed by atoms with E-state index in [4.69, 9.17) is 0 Å². The molecule has 1 aromatic carbocycles. The zero-order valence-electron chi connectivity index (χ0n) is 14.4. The molecular formula is C19H29NO2. The van der Waals surface area contributed by atoms with Gasteiger partial charge in [-0.1, -0.05) is 39.3 Å². The summed E-state index contributed by atoms with van der Waals surface area (Å²) in [5, 5.41) is 2.99. The maximum atomic E-state index is 11.8. The van der Waals surface area contributed by atoms with Gasteiger partial charge in [0, 0.05) is 24.4 Å². The van der Waals surface area contributed by atoms with Crippen LogP contribution in [0.3, 0.4) is 0 Å². The number of ketones is 1. The number of Topliss-reactive ketones (excluding diaryl/α,β-unsaturated/α-hetero) is 1. The van der Waals surface area contributed by atoms with Crippen molar-refractivity contribution in [2.24, 2.45) is 5.92 Å². The number of carbonyl (C=O) groups is 2. The van der Waals surface area contributed by atoms with Crippen molar-refractivity contribution in [2.45, 2.75) is 66.2 Å². The third-order valence-corrected chi connectivity index (χ3v) is 4.02. The van der Waals surface area contributed by atoms with E-state index in [2.05, 4.69) is 18.3 Å². The van der Waals surface area contributed by atoms with E-state index in [-0.39, 0.29) is 11.8 Å². The summed E-state index contributed by atoms with van der Waals surface area (Å²) in [6.07, 6.45) is 5.50. The Labute approximate surface area is 134 Å². The molecule has 0 atom stereocenters. The van der Waals surface area contributed by atoms with Crippen molar-refractivity contribution in [1.82, 2.24) is 0 Å². The van der Waals surface area contributed by atoms with Crippen LogP contribution in [0.1, 0.15) is 64.0 Å². The van der Waals surface area contributed by atoms with Gasteiger partial charge in [-0.2, -0.15) is 0 Å². The standard InChI is InChI=1S/C19H29NO2/c1-5-17(21)12-8-6-7-10-16-11-9-13-18(15(16)4)20-19(22)14(2)3/h9,11,13-14H,5-8,10,12H2,1-4H3,(H,20,22). The summed E-state index contributed by atoms with van der Waals surface area (Å²) in [5.74, 6) is 0.395. The van der Waals surface area contributed by atoms with E-state index in [1.807, 2.05) is 32.9 Å². The largest absolute Gasteiger partial charge is 0.326 e. The summed E-state index contributed by atoms with van der Waals surface area (Å²) in [6.45, 7) is 7.77. The molecule has 0 aliphatic heterocycles. The number of amides is 1. The monoisotopic (exact) mass is 303 g/mol. The lowest BCUT2D eigenvalue weighted by Gasteiger charge is -2.14. The molecule has 0 aliphatic rings. The van der Waals surface area contributed by atoms with Crippen LogP contribution in [-0.2, 0) is 16.0 Å². The van der Waals surface area contributed by atoms with E-state index in [0.29, 0.717) is 18.6 Å². The fourth-order valence-electron chi connectivity index (χ4n) is 2.36. The number of carbonyl (C=O) groups excluding carboxylic acids is 2. The Morgan fingerprint density at radius 1 is 1.14 bits per heavy atom. The van der Waals surface area contributed by atoms with Gasteiger partial charge in [-0.25, -0.2) is 0 Å². The number of benzene rings is 1. The van der Waals surface area contributed by atoms with E-state index in [9.17, 15) is 9.59 Å². The summed E-state index contributed by atoms with van der Waals surface area (Å²) in [5.41, 5.74) is 3.35. The Hall–Kier alpha value is -1.64. The highest BCUT2D eigenvalue weighted by molar-refractivity contribution is 5.92. The molecule has 0 aromatic heterocycles. The third-order valence-electron chi connectivity index (χ3n) is 4.02. The van der Waals surface area contributed by atoms with Gasteiger partial charge in [0.1, 0.15) is 5.78 Å². The van der Waals surface area contributed by atoms with Crippen molar-refractivity contribution in [3.05, 3.63) is 29.3 Å². The molecule has 122 valence electrons. The lowest BCUT2D eigenvalue weighted by atomic mass is 9.99. The summed E-state index contributed by atoms with van der Waals surface area (Å²) < 4.78 is 0. The normalized spacial score (nSPS) is 10.8. The first-order valence-corrected chi connectivity index (χ1v) is 8.36. The number of hydrogen-bond acceptors (Lipinski definition) is 2. The van der Waals surface area contributed by atoms with Crippen LogP contribution in [0.4, 0.5) is 5.69 Å². The van der Waals surface area contributed by atoms with E-state index < -0.39 is 0 Å². The molecule has 0 radical (unpaired) electrons. The zero-order chi connectivity index (χ0) is 16.5. The smallest absolute Gasteiger partial charge is 0.226 e. The molecule has 22 heavy (non-hydrogen) atoms. The molecule has 1 aromatic rings. The fraction of sp³-hybridized carbons (Fsp3) is 0.579. The Morgan fingerprint density at radius 3 is 2.50 bits per heavy atom. The molecule has 0 unspecified atom stereocenters. The molecule has 0 bridgehead atoms. The van der Waals surface area contributed by atoms with Gasteiger partial charge in [0.2, 0.25) is 5.91 Å². The van der Waals surface area contributed by atoms with Gasteiger partial charge in [0.25, 0.3) is 0 Å². The number of nitrogens with one attached hydrogen (secondary N) is 1. The number of aryl methyl sites for hydroxylation is 1. The van der Waals surface area contributed by atoms with Gasteiger partial charge in [0.15, 0.2) is 0 Å². The highest BCUT2D eigenvalue weighted by atomic mass is 16.1. The van der Waals surface area contributed by atoms with Crippen molar-refractivity contribution in [2.75, 3.05) is 5.32 Å². The van der Waals surface area contributed by atoms with Crippen LogP contribution in [0.5, 0.6) is 0 Å². The molecule has 0 saturated carbocycles. The fourth-order valence-corrected chi connectivity index (χ4v) is 2.36.